The van der Waals surface area contributed by atoms with E-state index in [1.807, 2.05) is 43.4 Å². The molecule has 2 aromatic carbocycles. The van der Waals surface area contributed by atoms with Gasteiger partial charge in [-0.05, 0) is 37.2 Å². The van der Waals surface area contributed by atoms with Crippen LogP contribution in [0.1, 0.15) is 34.5 Å². The third kappa shape index (κ3) is 4.12. The lowest BCUT2D eigenvalue weighted by molar-refractivity contribution is 0.0949. The van der Waals surface area contributed by atoms with Gasteiger partial charge in [-0.1, -0.05) is 36.4 Å². The molecule has 5 nitrogen and oxygen atoms in total. The third-order valence-electron chi connectivity index (χ3n) is 4.40. The number of nitrogens with one attached hydrogen (secondary N) is 3. The van der Waals surface area contributed by atoms with Crippen molar-refractivity contribution in [3.8, 4) is 0 Å². The number of H-pyrrole nitrogens is 1. The summed E-state index contributed by atoms with van der Waals surface area (Å²) < 4.78 is 0. The van der Waals surface area contributed by atoms with Crippen LogP contribution in [-0.4, -0.2) is 17.9 Å². The molecule has 1 atom stereocenters. The molecule has 0 spiro atoms. The Labute approximate surface area is 158 Å². The van der Waals surface area contributed by atoms with Crippen LogP contribution in [0.25, 0.3) is 10.9 Å². The third-order valence-corrected chi connectivity index (χ3v) is 4.40. The van der Waals surface area contributed by atoms with E-state index in [4.69, 9.17) is 0 Å². The number of carbonyl (C=O) groups is 1. The van der Waals surface area contributed by atoms with E-state index in [9.17, 15) is 9.59 Å². The molecule has 26 heavy (non-hydrogen) atoms. The van der Waals surface area contributed by atoms with E-state index in [-0.39, 0.29) is 35.3 Å². The highest BCUT2D eigenvalue weighted by Gasteiger charge is 2.12. The molecule has 0 radical (unpaired) electrons. The van der Waals surface area contributed by atoms with Crippen LogP contribution in [0.4, 0.5) is 0 Å². The highest BCUT2D eigenvalue weighted by molar-refractivity contribution is 5.97. The summed E-state index contributed by atoms with van der Waals surface area (Å²) in [6, 6.07) is 15.5. The molecule has 0 bridgehead atoms. The van der Waals surface area contributed by atoms with Crippen molar-refractivity contribution >= 4 is 29.2 Å². The van der Waals surface area contributed by atoms with Gasteiger partial charge in [-0.3, -0.25) is 9.59 Å². The van der Waals surface area contributed by atoms with Crippen molar-refractivity contribution in [2.24, 2.45) is 0 Å². The predicted molar refractivity (Wildman–Crippen MR) is 107 cm³/mol. The van der Waals surface area contributed by atoms with E-state index in [2.05, 4.69) is 22.5 Å². The van der Waals surface area contributed by atoms with Crippen molar-refractivity contribution in [2.75, 3.05) is 7.05 Å². The fourth-order valence-corrected chi connectivity index (χ4v) is 2.70. The second kappa shape index (κ2) is 8.65. The van der Waals surface area contributed by atoms with Gasteiger partial charge in [0.25, 0.3) is 5.91 Å². The number of rotatable bonds is 5. The van der Waals surface area contributed by atoms with E-state index >= 15 is 0 Å². The van der Waals surface area contributed by atoms with Gasteiger partial charge in [0.05, 0.1) is 0 Å². The molecule has 0 aliphatic rings. The summed E-state index contributed by atoms with van der Waals surface area (Å²) in [7, 11) is 1.92. The van der Waals surface area contributed by atoms with Gasteiger partial charge in [-0.2, -0.15) is 0 Å². The average Bonchev–Trinajstić information content (AvgIpc) is 2.66. The first-order valence-corrected chi connectivity index (χ1v) is 8.25. The first-order valence-electron chi connectivity index (χ1n) is 8.25. The Morgan fingerprint density at radius 1 is 1.12 bits per heavy atom. The zero-order valence-corrected chi connectivity index (χ0v) is 15.5. The minimum Gasteiger partial charge on any atom is -0.360 e. The maximum absolute atomic E-state index is 12.4. The fraction of sp³-hybridized carbons (Fsp3) is 0.200. The summed E-state index contributed by atoms with van der Waals surface area (Å²) in [5.74, 6) is -0.375. The second-order valence-corrected chi connectivity index (χ2v) is 6.01. The molecule has 0 saturated carbocycles. The lowest BCUT2D eigenvalue weighted by Gasteiger charge is -2.11. The summed E-state index contributed by atoms with van der Waals surface area (Å²) in [4.78, 5) is 27.8. The molecule has 6 heteroatoms. The zero-order valence-electron chi connectivity index (χ0n) is 14.7. The molecule has 1 aromatic heterocycles. The number of amides is 1. The van der Waals surface area contributed by atoms with Crippen LogP contribution in [-0.2, 0) is 6.54 Å². The highest BCUT2D eigenvalue weighted by Crippen LogP contribution is 2.13. The van der Waals surface area contributed by atoms with Gasteiger partial charge >= 0.3 is 0 Å². The molecule has 1 heterocycles. The van der Waals surface area contributed by atoms with Gasteiger partial charge in [0.1, 0.15) is 5.56 Å². The van der Waals surface area contributed by atoms with Crippen LogP contribution in [0, 0.1) is 0 Å². The predicted octanol–water partition coefficient (Wildman–Crippen LogP) is 3.16. The largest absolute Gasteiger partial charge is 0.360 e. The van der Waals surface area contributed by atoms with Gasteiger partial charge in [0, 0.05) is 29.7 Å². The van der Waals surface area contributed by atoms with Gasteiger partial charge in [-0.15, -0.1) is 12.4 Å². The fourth-order valence-electron chi connectivity index (χ4n) is 2.70. The summed E-state index contributed by atoms with van der Waals surface area (Å²) in [6.07, 6.45) is 1.47. The second-order valence-electron chi connectivity index (χ2n) is 6.01. The molecular weight excluding hydrogens is 350 g/mol. The number of pyridine rings is 1. The quantitative estimate of drug-likeness (QED) is 0.645. The van der Waals surface area contributed by atoms with Crippen LogP contribution < -0.4 is 16.1 Å². The van der Waals surface area contributed by atoms with Crippen molar-refractivity contribution in [2.45, 2.75) is 19.5 Å². The van der Waals surface area contributed by atoms with E-state index in [1.165, 1.54) is 11.8 Å². The molecule has 0 aliphatic carbocycles. The van der Waals surface area contributed by atoms with Crippen molar-refractivity contribution in [3.63, 3.8) is 0 Å². The molecular formula is C20H22ClN3O2. The Hall–Kier alpha value is -2.63. The number of aromatic nitrogens is 1. The summed E-state index contributed by atoms with van der Waals surface area (Å²) in [5.41, 5.74) is 2.75. The maximum atomic E-state index is 12.4. The summed E-state index contributed by atoms with van der Waals surface area (Å²) in [6.45, 7) is 2.46. The van der Waals surface area contributed by atoms with Crippen molar-refractivity contribution in [1.82, 2.24) is 15.6 Å². The minimum absolute atomic E-state index is 0. The van der Waals surface area contributed by atoms with Crippen molar-refractivity contribution in [1.29, 1.82) is 0 Å². The number of aromatic amines is 1. The number of hydrogen-bond donors (Lipinski definition) is 3. The number of benzene rings is 2. The molecule has 0 fully saturated rings. The molecule has 136 valence electrons. The highest BCUT2D eigenvalue weighted by atomic mass is 35.5. The first kappa shape index (κ1) is 19.7. The van der Waals surface area contributed by atoms with Gasteiger partial charge in [-0.25, -0.2) is 0 Å². The molecule has 3 rings (SSSR count). The molecule has 0 unspecified atom stereocenters. The molecule has 3 N–H and O–H groups in total. The van der Waals surface area contributed by atoms with E-state index in [0.717, 1.165) is 11.1 Å². The Bertz CT molecular complexity index is 951. The maximum Gasteiger partial charge on any atom is 0.257 e. The topological polar surface area (TPSA) is 74.0 Å². The number of halogens is 1. The van der Waals surface area contributed by atoms with Crippen LogP contribution >= 0.6 is 12.4 Å². The Kier molecular flexibility index (Phi) is 6.55. The smallest absolute Gasteiger partial charge is 0.257 e. The Morgan fingerprint density at radius 2 is 1.81 bits per heavy atom. The Morgan fingerprint density at radius 3 is 2.50 bits per heavy atom. The van der Waals surface area contributed by atoms with Crippen LogP contribution in [0.3, 0.4) is 0 Å². The lowest BCUT2D eigenvalue weighted by atomic mass is 10.1. The van der Waals surface area contributed by atoms with Crippen LogP contribution in [0.2, 0.25) is 0 Å². The SMILES string of the molecule is CN[C@@H](C)c1ccc(CNC(=O)c2c[nH]c3ccccc3c2=O)cc1.Cl. The number of carbonyl (C=O) groups excluding carboxylic acids is 1. The molecule has 1 amide bonds. The number of para-hydroxylation sites is 1. The standard InChI is InChI=1S/C20H21N3O2.ClH/c1-13(21-2)15-9-7-14(8-10-15)11-23-20(25)17-12-22-18-6-4-3-5-16(18)19(17)24;/h3-10,12-13,21H,11H2,1-2H3,(H,22,24)(H,23,25);1H/t13-;/m0./s1. The van der Waals surface area contributed by atoms with E-state index in [0.29, 0.717) is 11.9 Å². The van der Waals surface area contributed by atoms with E-state index < -0.39 is 0 Å². The molecule has 0 saturated heterocycles. The minimum atomic E-state index is -0.375. The first-order chi connectivity index (χ1) is 12.1. The van der Waals surface area contributed by atoms with Crippen molar-refractivity contribution < 1.29 is 4.79 Å². The van der Waals surface area contributed by atoms with Gasteiger partial charge in [0.15, 0.2) is 0 Å². The normalized spacial score (nSPS) is 11.6. The van der Waals surface area contributed by atoms with Crippen LogP contribution in [0.15, 0.2) is 59.5 Å². The summed E-state index contributed by atoms with van der Waals surface area (Å²) >= 11 is 0. The van der Waals surface area contributed by atoms with Gasteiger partial charge < -0.3 is 15.6 Å². The van der Waals surface area contributed by atoms with Crippen LogP contribution in [0.5, 0.6) is 0 Å². The molecule has 0 aliphatic heterocycles. The number of fused-ring (bicyclic) bond motifs is 1. The summed E-state index contributed by atoms with van der Waals surface area (Å²) in [5, 5.41) is 6.51. The van der Waals surface area contributed by atoms with Crippen molar-refractivity contribution in [3.05, 3.63) is 81.6 Å². The van der Waals surface area contributed by atoms with Gasteiger partial charge in [0.2, 0.25) is 5.43 Å². The Balaban J connectivity index is 0.00000243. The number of hydrogen-bond acceptors (Lipinski definition) is 3. The van der Waals surface area contributed by atoms with E-state index in [1.54, 1.807) is 12.1 Å². The monoisotopic (exact) mass is 371 g/mol. The lowest BCUT2D eigenvalue weighted by Crippen LogP contribution is -2.28. The zero-order chi connectivity index (χ0) is 17.8. The molecule has 3 aromatic rings. The average molecular weight is 372 g/mol.